The Morgan fingerprint density at radius 3 is 2.73 bits per heavy atom. The van der Waals surface area contributed by atoms with Crippen LogP contribution in [0.15, 0.2) is 11.6 Å². The van der Waals surface area contributed by atoms with Crippen LogP contribution in [0, 0.1) is 11.3 Å². The van der Waals surface area contributed by atoms with Gasteiger partial charge in [0, 0.05) is 6.08 Å². The molecule has 1 N–H and O–H groups in total. The van der Waals surface area contributed by atoms with E-state index in [0.717, 1.165) is 6.42 Å². The highest BCUT2D eigenvalue weighted by Crippen LogP contribution is 2.13. The van der Waals surface area contributed by atoms with Crippen molar-refractivity contribution in [1.29, 1.82) is 5.26 Å². The van der Waals surface area contributed by atoms with Crippen molar-refractivity contribution >= 4 is 5.97 Å². The van der Waals surface area contributed by atoms with Crippen molar-refractivity contribution in [2.24, 2.45) is 0 Å². The number of aliphatic hydroxyl groups is 1. The van der Waals surface area contributed by atoms with Crippen LogP contribution in [0.2, 0.25) is 0 Å². The third kappa shape index (κ3) is 5.87. The van der Waals surface area contributed by atoms with Gasteiger partial charge < -0.3 is 9.84 Å². The van der Waals surface area contributed by atoms with E-state index in [2.05, 4.69) is 0 Å². The quantitative estimate of drug-likeness (QED) is 0.534. The van der Waals surface area contributed by atoms with Gasteiger partial charge in [-0.3, -0.25) is 0 Å². The SMILES string of the molecule is CCC/C(=C\C(=O)OCC)C(O)CC#N. The maximum atomic E-state index is 11.1. The number of nitrogens with zero attached hydrogens (tertiary/aromatic N) is 1. The second-order valence-electron chi connectivity index (χ2n) is 3.10. The van der Waals surface area contributed by atoms with Gasteiger partial charge in [-0.2, -0.15) is 5.26 Å². The molecular weight excluding hydrogens is 194 g/mol. The monoisotopic (exact) mass is 211 g/mol. The van der Waals surface area contributed by atoms with Crippen molar-refractivity contribution in [3.63, 3.8) is 0 Å². The Labute approximate surface area is 90.2 Å². The Morgan fingerprint density at radius 2 is 2.27 bits per heavy atom. The lowest BCUT2D eigenvalue weighted by atomic mass is 10.0. The minimum atomic E-state index is -0.862. The molecule has 4 nitrogen and oxygen atoms in total. The first-order chi connectivity index (χ1) is 7.15. The number of ether oxygens (including phenoxy) is 1. The van der Waals surface area contributed by atoms with Gasteiger partial charge in [0.2, 0.25) is 0 Å². The third-order valence-electron chi connectivity index (χ3n) is 1.84. The van der Waals surface area contributed by atoms with Gasteiger partial charge in [0.1, 0.15) is 0 Å². The summed E-state index contributed by atoms with van der Waals surface area (Å²) >= 11 is 0. The predicted molar refractivity (Wildman–Crippen MR) is 55.9 cm³/mol. The molecule has 0 saturated carbocycles. The Kier molecular flexibility index (Phi) is 7.29. The molecule has 84 valence electrons. The topological polar surface area (TPSA) is 70.3 Å². The molecule has 0 radical (unpaired) electrons. The summed E-state index contributed by atoms with van der Waals surface area (Å²) in [5, 5.41) is 18.0. The lowest BCUT2D eigenvalue weighted by molar-refractivity contribution is -0.137. The number of hydrogen-bond acceptors (Lipinski definition) is 4. The van der Waals surface area contributed by atoms with E-state index in [4.69, 9.17) is 10.00 Å². The average Bonchev–Trinajstić information content (AvgIpc) is 2.18. The summed E-state index contributed by atoms with van der Waals surface area (Å²) in [6.07, 6.45) is 1.84. The van der Waals surface area contributed by atoms with Gasteiger partial charge in [0.25, 0.3) is 0 Å². The molecule has 0 bridgehead atoms. The lowest BCUT2D eigenvalue weighted by Crippen LogP contribution is -2.12. The number of aliphatic hydroxyl groups excluding tert-OH is 1. The first-order valence-corrected chi connectivity index (χ1v) is 5.07. The zero-order valence-electron chi connectivity index (χ0n) is 9.19. The molecule has 0 heterocycles. The Hall–Kier alpha value is -1.34. The van der Waals surface area contributed by atoms with Gasteiger partial charge in [0.15, 0.2) is 0 Å². The Morgan fingerprint density at radius 1 is 1.60 bits per heavy atom. The standard InChI is InChI=1S/C11H17NO3/c1-3-5-9(10(13)6-7-12)8-11(14)15-4-2/h8,10,13H,3-6H2,1-2H3/b9-8+. The van der Waals surface area contributed by atoms with Gasteiger partial charge in [0.05, 0.1) is 25.2 Å². The first-order valence-electron chi connectivity index (χ1n) is 5.07. The first kappa shape index (κ1) is 13.7. The summed E-state index contributed by atoms with van der Waals surface area (Å²) in [7, 11) is 0. The molecular formula is C11H17NO3. The van der Waals surface area contributed by atoms with E-state index in [1.54, 1.807) is 6.92 Å². The molecule has 0 aliphatic carbocycles. The van der Waals surface area contributed by atoms with Crippen molar-refractivity contribution in [2.45, 2.75) is 39.2 Å². The van der Waals surface area contributed by atoms with E-state index in [1.807, 2.05) is 13.0 Å². The maximum absolute atomic E-state index is 11.1. The van der Waals surface area contributed by atoms with Crippen LogP contribution < -0.4 is 0 Å². The molecule has 4 heteroatoms. The Bertz CT molecular complexity index is 265. The van der Waals surface area contributed by atoms with Gasteiger partial charge in [-0.15, -0.1) is 0 Å². The maximum Gasteiger partial charge on any atom is 0.330 e. The summed E-state index contributed by atoms with van der Waals surface area (Å²) in [5.74, 6) is -0.460. The van der Waals surface area contributed by atoms with Crippen molar-refractivity contribution < 1.29 is 14.6 Å². The van der Waals surface area contributed by atoms with Crippen molar-refractivity contribution in [3.05, 3.63) is 11.6 Å². The summed E-state index contributed by atoms with van der Waals surface area (Å²) in [5.41, 5.74) is 0.567. The molecule has 0 amide bonds. The largest absolute Gasteiger partial charge is 0.463 e. The summed E-state index contributed by atoms with van der Waals surface area (Å²) < 4.78 is 4.74. The molecule has 0 aromatic heterocycles. The fraction of sp³-hybridized carbons (Fsp3) is 0.636. The molecule has 0 aliphatic heterocycles. The van der Waals surface area contributed by atoms with E-state index >= 15 is 0 Å². The molecule has 15 heavy (non-hydrogen) atoms. The predicted octanol–water partition coefficient (Wildman–Crippen LogP) is 1.55. The Balaban J connectivity index is 4.49. The molecule has 0 rings (SSSR count). The lowest BCUT2D eigenvalue weighted by Gasteiger charge is -2.10. The minimum absolute atomic E-state index is 0.00520. The number of esters is 1. The van der Waals surface area contributed by atoms with Crippen molar-refractivity contribution in [2.75, 3.05) is 6.61 Å². The molecule has 0 fully saturated rings. The highest BCUT2D eigenvalue weighted by Gasteiger charge is 2.11. The van der Waals surface area contributed by atoms with E-state index in [-0.39, 0.29) is 6.42 Å². The molecule has 0 aromatic rings. The third-order valence-corrected chi connectivity index (χ3v) is 1.84. The average molecular weight is 211 g/mol. The molecule has 0 aromatic carbocycles. The second-order valence-corrected chi connectivity index (χ2v) is 3.10. The molecule has 0 saturated heterocycles. The molecule has 1 atom stereocenters. The number of carbonyl (C=O) groups excluding carboxylic acids is 1. The summed E-state index contributed by atoms with van der Waals surface area (Å²) in [6, 6.07) is 1.87. The zero-order valence-corrected chi connectivity index (χ0v) is 9.19. The van der Waals surface area contributed by atoms with Crippen molar-refractivity contribution in [1.82, 2.24) is 0 Å². The summed E-state index contributed by atoms with van der Waals surface area (Å²) in [4.78, 5) is 11.1. The van der Waals surface area contributed by atoms with Gasteiger partial charge in [-0.05, 0) is 18.9 Å². The van der Waals surface area contributed by atoms with E-state index in [9.17, 15) is 9.90 Å². The smallest absolute Gasteiger partial charge is 0.330 e. The van der Waals surface area contributed by atoms with Gasteiger partial charge >= 0.3 is 5.97 Å². The van der Waals surface area contributed by atoms with E-state index in [0.29, 0.717) is 18.6 Å². The minimum Gasteiger partial charge on any atom is -0.463 e. The number of nitriles is 1. The summed E-state index contributed by atoms with van der Waals surface area (Å²) in [6.45, 7) is 3.97. The fourth-order valence-corrected chi connectivity index (χ4v) is 1.18. The van der Waals surface area contributed by atoms with Crippen LogP contribution in [0.25, 0.3) is 0 Å². The van der Waals surface area contributed by atoms with Crippen LogP contribution in [-0.4, -0.2) is 23.8 Å². The second kappa shape index (κ2) is 8.01. The number of rotatable bonds is 6. The van der Waals surface area contributed by atoms with Gasteiger partial charge in [-0.1, -0.05) is 13.3 Å². The molecule has 0 spiro atoms. The van der Waals surface area contributed by atoms with E-state index in [1.165, 1.54) is 6.08 Å². The fourth-order valence-electron chi connectivity index (χ4n) is 1.18. The molecule has 1 unspecified atom stereocenters. The number of hydrogen-bond donors (Lipinski definition) is 1. The van der Waals surface area contributed by atoms with Crippen LogP contribution in [0.4, 0.5) is 0 Å². The zero-order chi connectivity index (χ0) is 11.7. The normalized spacial score (nSPS) is 13.1. The van der Waals surface area contributed by atoms with E-state index < -0.39 is 12.1 Å². The number of carbonyl (C=O) groups is 1. The molecule has 0 aliphatic rings. The van der Waals surface area contributed by atoms with Crippen LogP contribution in [-0.2, 0) is 9.53 Å². The van der Waals surface area contributed by atoms with Crippen LogP contribution >= 0.6 is 0 Å². The van der Waals surface area contributed by atoms with Crippen LogP contribution in [0.3, 0.4) is 0 Å². The highest BCUT2D eigenvalue weighted by atomic mass is 16.5. The highest BCUT2D eigenvalue weighted by molar-refractivity contribution is 5.82. The van der Waals surface area contributed by atoms with Crippen molar-refractivity contribution in [3.8, 4) is 6.07 Å². The van der Waals surface area contributed by atoms with Gasteiger partial charge in [-0.25, -0.2) is 4.79 Å². The van der Waals surface area contributed by atoms with Crippen LogP contribution in [0.1, 0.15) is 33.1 Å². The van der Waals surface area contributed by atoms with Crippen LogP contribution in [0.5, 0.6) is 0 Å².